The van der Waals surface area contributed by atoms with Crippen LogP contribution in [0.25, 0.3) is 33.4 Å². The van der Waals surface area contributed by atoms with Gasteiger partial charge in [0, 0.05) is 34.8 Å². The molecule has 0 saturated carbocycles. The first-order valence-corrected chi connectivity index (χ1v) is 39.7. The number of phenolic OH excluding ortho intramolecular Hbond substituents is 2. The maximum Gasteiger partial charge on any atom is 0.306 e. The first-order valence-electron chi connectivity index (χ1n) is 39.7. The summed E-state index contributed by atoms with van der Waals surface area (Å²) in [6.07, 6.45) is 13.9. The van der Waals surface area contributed by atoms with Gasteiger partial charge in [-0.25, -0.2) is 8.78 Å². The molecule has 0 amide bonds. The van der Waals surface area contributed by atoms with E-state index < -0.39 is 0 Å². The fourth-order valence-corrected chi connectivity index (χ4v) is 18.3. The van der Waals surface area contributed by atoms with E-state index in [0.29, 0.717) is 61.5 Å². The highest BCUT2D eigenvalue weighted by Gasteiger charge is 2.45. The lowest BCUT2D eigenvalue weighted by Crippen LogP contribution is -2.21. The molecule has 6 aliphatic carbocycles. The lowest BCUT2D eigenvalue weighted by atomic mass is 9.78. The van der Waals surface area contributed by atoms with E-state index in [1.54, 1.807) is 62.8 Å². The third-order valence-electron chi connectivity index (χ3n) is 24.9. The Balaban J connectivity index is 0.000000189. The Bertz CT molecular complexity index is 4670. The number of fused-ring (bicyclic) bond motifs is 4. The van der Waals surface area contributed by atoms with Crippen LogP contribution in [0.15, 0.2) is 158 Å². The fraction of sp³-hybridized carbons (Fsp3) is 0.440. The minimum Gasteiger partial charge on any atom is -0.508 e. The van der Waals surface area contributed by atoms with Crippen LogP contribution in [0.3, 0.4) is 0 Å². The second-order valence-corrected chi connectivity index (χ2v) is 35.6. The third-order valence-corrected chi connectivity index (χ3v) is 24.9. The number of carbonyl (C=O) groups excluding carboxylic acids is 4. The molecule has 116 heavy (non-hydrogen) atoms. The van der Waals surface area contributed by atoms with Crippen molar-refractivity contribution < 1.29 is 76.1 Å². The van der Waals surface area contributed by atoms with Gasteiger partial charge >= 0.3 is 23.9 Å². The average molecular weight is 1590 g/mol. The predicted molar refractivity (Wildman–Crippen MR) is 457 cm³/mol. The van der Waals surface area contributed by atoms with E-state index in [9.17, 15) is 29.4 Å². The molecule has 0 aromatic heterocycles. The highest BCUT2D eigenvalue weighted by molar-refractivity contribution is 5.87. The van der Waals surface area contributed by atoms with Gasteiger partial charge in [-0.15, -0.1) is 0 Å². The highest BCUT2D eigenvalue weighted by Crippen LogP contribution is 2.55. The summed E-state index contributed by atoms with van der Waals surface area (Å²) in [4.78, 5) is 47.2. The van der Waals surface area contributed by atoms with Crippen LogP contribution in [0.2, 0.25) is 0 Å². The summed E-state index contributed by atoms with van der Waals surface area (Å²) in [5, 5.41) is 19.1. The van der Waals surface area contributed by atoms with Crippen LogP contribution in [0.5, 0.6) is 34.5 Å². The van der Waals surface area contributed by atoms with Crippen LogP contribution < -0.4 is 18.9 Å². The van der Waals surface area contributed by atoms with Gasteiger partial charge in [0.2, 0.25) is 0 Å². The number of benzene rings is 8. The van der Waals surface area contributed by atoms with Crippen molar-refractivity contribution in [3.63, 3.8) is 0 Å². The Kier molecular flexibility index (Phi) is 28.2. The van der Waals surface area contributed by atoms with E-state index >= 15 is 8.78 Å². The van der Waals surface area contributed by atoms with Crippen molar-refractivity contribution in [1.29, 1.82) is 0 Å². The first-order chi connectivity index (χ1) is 53.9. The highest BCUT2D eigenvalue weighted by atomic mass is 19.1. The summed E-state index contributed by atoms with van der Waals surface area (Å²) in [5.41, 5.74) is 18.8. The Morgan fingerprint density at radius 2 is 0.647 bits per heavy atom. The van der Waals surface area contributed by atoms with E-state index in [-0.39, 0.29) is 118 Å². The number of methoxy groups -OCH3 is 6. The van der Waals surface area contributed by atoms with Crippen molar-refractivity contribution in [2.24, 2.45) is 32.5 Å². The summed E-state index contributed by atoms with van der Waals surface area (Å²) in [5.74, 6) is 2.41. The minimum absolute atomic E-state index is 0. The second-order valence-electron chi connectivity index (χ2n) is 35.6. The molecule has 0 spiro atoms. The standard InChI is InChI=1S/2C35H39FO4.2C14H18O3.2CH4/c2*1-34(2)15-7-8-30(34)28-16-22(9-13-26(28)29-17-24(38-5)12-14-32(29)36)21-40-25-11-10-23-20-35(3,4)31(27(23)18-25)19-33(37)39-6;2*1-14(2)8-9-4-5-10(15)6-11(9)12(14)7-13(16)17-3;;/h2*8-14,16-18,31H,7,15,19-21H2,1-6H3;2*4-6,12,15H,7-8H2,1-3H3;2*1H4/t2*31-;2*12-;;/m1010../s1. The van der Waals surface area contributed by atoms with Gasteiger partial charge in [0.15, 0.2) is 0 Å². The van der Waals surface area contributed by atoms with Gasteiger partial charge in [-0.05, 0) is 270 Å². The molecule has 14 nitrogen and oxygen atoms in total. The Morgan fingerprint density at radius 1 is 0.353 bits per heavy atom. The molecule has 2 N–H and O–H groups in total. The third kappa shape index (κ3) is 20.1. The number of allylic oxidation sites excluding steroid dienone is 4. The number of rotatable bonds is 20. The van der Waals surface area contributed by atoms with Crippen LogP contribution >= 0.6 is 0 Å². The summed E-state index contributed by atoms with van der Waals surface area (Å²) < 4.78 is 73.1. The second kappa shape index (κ2) is 36.5. The molecule has 620 valence electrons. The minimum atomic E-state index is -0.273. The van der Waals surface area contributed by atoms with E-state index in [4.69, 9.17) is 37.9 Å². The first kappa shape index (κ1) is 89.7. The molecule has 8 aromatic rings. The number of halogens is 2. The molecular formula is C100H122F2O14. The number of esters is 4. The average Bonchev–Trinajstić information content (AvgIpc) is 1.75. The largest absolute Gasteiger partial charge is 0.508 e. The maximum atomic E-state index is 15.1. The molecule has 0 fully saturated rings. The van der Waals surface area contributed by atoms with Gasteiger partial charge in [-0.3, -0.25) is 19.2 Å². The van der Waals surface area contributed by atoms with Crippen LogP contribution in [0.4, 0.5) is 8.78 Å². The van der Waals surface area contributed by atoms with E-state index in [0.717, 1.165) is 119 Å². The zero-order valence-electron chi connectivity index (χ0n) is 69.8. The normalized spacial score (nSPS) is 19.0. The van der Waals surface area contributed by atoms with Gasteiger partial charge < -0.3 is 48.1 Å². The molecule has 6 aliphatic rings. The zero-order chi connectivity index (χ0) is 82.6. The Labute approximate surface area is 687 Å². The zero-order valence-corrected chi connectivity index (χ0v) is 69.8. The van der Waals surface area contributed by atoms with Crippen molar-refractivity contribution in [1.82, 2.24) is 0 Å². The molecule has 14 rings (SSSR count). The Morgan fingerprint density at radius 3 is 0.931 bits per heavy atom. The topological polar surface area (TPSA) is 183 Å². The van der Waals surface area contributed by atoms with E-state index in [2.05, 4.69) is 132 Å². The van der Waals surface area contributed by atoms with Gasteiger partial charge in [0.25, 0.3) is 0 Å². The number of hydrogen-bond acceptors (Lipinski definition) is 14. The lowest BCUT2D eigenvalue weighted by Gasteiger charge is -2.26. The monoisotopic (exact) mass is 1580 g/mol. The van der Waals surface area contributed by atoms with Crippen LogP contribution in [-0.4, -0.2) is 76.7 Å². The molecule has 0 unspecified atom stereocenters. The predicted octanol–water partition coefficient (Wildman–Crippen LogP) is 23.5. The quantitative estimate of drug-likeness (QED) is 0.0543. The SMILES string of the molecule is C.C.COC(=O)C[C@@H]1c2cc(O)ccc2CC1(C)C.COC(=O)C[C@@H]1c2cc(OCc3ccc(-c4cc(OC)ccc4F)c(C4=CCCC4(C)C)c3)ccc2CC1(C)C.COC(=O)C[C@H]1c2cc(O)ccc2CC1(C)C.COC(=O)C[C@H]1c2cc(OCc3ccc(-c4cc(OC)ccc4F)c(C4=CCCC4(C)C)c3)ccc2CC1(C)C. The molecule has 8 aromatic carbocycles. The fourth-order valence-electron chi connectivity index (χ4n) is 18.3. The van der Waals surface area contributed by atoms with E-state index in [1.165, 1.54) is 74.0 Å². The number of hydrogen-bond donors (Lipinski definition) is 2. The van der Waals surface area contributed by atoms with Crippen molar-refractivity contribution in [2.45, 2.75) is 212 Å². The number of phenols is 2. The molecular weight excluding hydrogens is 1460 g/mol. The summed E-state index contributed by atoms with van der Waals surface area (Å²) in [6, 6.07) is 45.3. The van der Waals surface area contributed by atoms with Gasteiger partial charge in [-0.2, -0.15) is 0 Å². The van der Waals surface area contributed by atoms with E-state index in [1.807, 2.05) is 48.5 Å². The molecule has 0 radical (unpaired) electrons. The van der Waals surface area contributed by atoms with Crippen molar-refractivity contribution in [2.75, 3.05) is 42.7 Å². The molecule has 0 aliphatic heterocycles. The van der Waals surface area contributed by atoms with Crippen molar-refractivity contribution in [3.05, 3.63) is 236 Å². The van der Waals surface area contributed by atoms with Gasteiger partial charge in [0.05, 0.1) is 68.3 Å². The van der Waals surface area contributed by atoms with Crippen LogP contribution in [0.1, 0.15) is 240 Å². The molecule has 16 heteroatoms. The maximum absolute atomic E-state index is 15.1. The summed E-state index contributed by atoms with van der Waals surface area (Å²) >= 11 is 0. The number of carbonyl (C=O) groups is 4. The summed E-state index contributed by atoms with van der Waals surface area (Å²) in [7, 11) is 8.89. The van der Waals surface area contributed by atoms with Crippen molar-refractivity contribution in [3.8, 4) is 56.8 Å². The smallest absolute Gasteiger partial charge is 0.306 e. The molecule has 4 atom stereocenters. The Hall–Kier alpha value is -10.2. The van der Waals surface area contributed by atoms with Gasteiger partial charge in [-0.1, -0.05) is 159 Å². The number of aromatic hydroxyl groups is 2. The lowest BCUT2D eigenvalue weighted by molar-refractivity contribution is -0.142. The van der Waals surface area contributed by atoms with Crippen LogP contribution in [0, 0.1) is 44.1 Å². The molecule has 0 heterocycles. The summed E-state index contributed by atoms with van der Waals surface area (Å²) in [6.45, 7) is 27.2. The molecule has 0 saturated heterocycles. The van der Waals surface area contributed by atoms with Gasteiger partial charge in [0.1, 0.15) is 59.3 Å². The van der Waals surface area contributed by atoms with Crippen LogP contribution in [-0.2, 0) is 77.0 Å². The number of ether oxygens (including phenoxy) is 8. The van der Waals surface area contributed by atoms with Crippen molar-refractivity contribution >= 4 is 35.0 Å². The molecule has 0 bridgehead atoms.